The summed E-state index contributed by atoms with van der Waals surface area (Å²) in [6, 6.07) is 17.4. The molecule has 0 spiro atoms. The number of carbonyl (C=O) groups is 2. The molecule has 2 aromatic rings. The number of likely N-dealkylation sites (N-methyl/N-ethyl adjacent to an activating group) is 1. The lowest BCUT2D eigenvalue weighted by Crippen LogP contribution is -3.09. The van der Waals surface area contributed by atoms with Gasteiger partial charge in [0.2, 0.25) is 0 Å². The largest absolute Gasteiger partial charge is 0.355 e. The summed E-state index contributed by atoms with van der Waals surface area (Å²) in [5, 5.41) is 2.63. The number of quaternary nitrogens is 1. The highest BCUT2D eigenvalue weighted by Crippen LogP contribution is 2.17. The average molecular weight is 366 g/mol. The van der Waals surface area contributed by atoms with Crippen LogP contribution < -0.4 is 10.2 Å². The van der Waals surface area contributed by atoms with Crippen LogP contribution in [0.4, 0.5) is 0 Å². The van der Waals surface area contributed by atoms with E-state index in [-0.39, 0.29) is 17.9 Å². The van der Waals surface area contributed by atoms with Gasteiger partial charge in [-0.1, -0.05) is 42.5 Å². The van der Waals surface area contributed by atoms with Gasteiger partial charge < -0.3 is 15.1 Å². The molecule has 142 valence electrons. The number of nitrogens with zero attached hydrogens (tertiary/aromatic N) is 1. The fourth-order valence-electron chi connectivity index (χ4n) is 3.75. The normalized spacial score (nSPS) is 16.0. The maximum Gasteiger partial charge on any atom is 0.285 e. The van der Waals surface area contributed by atoms with E-state index in [2.05, 4.69) is 12.4 Å². The third kappa shape index (κ3) is 4.55. The van der Waals surface area contributed by atoms with Crippen LogP contribution in [0.25, 0.3) is 0 Å². The number of rotatable bonds is 6. The molecule has 0 radical (unpaired) electrons. The molecule has 1 aliphatic heterocycles. The van der Waals surface area contributed by atoms with E-state index in [1.165, 1.54) is 0 Å². The predicted octanol–water partition coefficient (Wildman–Crippen LogP) is 1.42. The first-order valence-corrected chi connectivity index (χ1v) is 9.57. The van der Waals surface area contributed by atoms with E-state index in [1.54, 1.807) is 7.05 Å². The zero-order valence-corrected chi connectivity index (χ0v) is 16.1. The Labute approximate surface area is 161 Å². The van der Waals surface area contributed by atoms with E-state index in [0.29, 0.717) is 12.1 Å². The van der Waals surface area contributed by atoms with E-state index in [4.69, 9.17) is 0 Å². The van der Waals surface area contributed by atoms with E-state index >= 15 is 0 Å². The molecule has 1 fully saturated rings. The van der Waals surface area contributed by atoms with Crippen LogP contribution >= 0.6 is 0 Å². The minimum absolute atomic E-state index is 0.0892. The number of nitrogens with one attached hydrogen (secondary N) is 2. The maximum atomic E-state index is 13.2. The van der Waals surface area contributed by atoms with Gasteiger partial charge in [0.05, 0.1) is 7.05 Å². The average Bonchev–Trinajstić information content (AvgIpc) is 3.24. The molecule has 2 aromatic carbocycles. The number of hydrogen-bond donors (Lipinski definition) is 2. The second-order valence-electron chi connectivity index (χ2n) is 7.18. The number of benzene rings is 2. The van der Waals surface area contributed by atoms with Gasteiger partial charge in [-0.15, -0.1) is 0 Å². The Morgan fingerprint density at radius 2 is 1.67 bits per heavy atom. The van der Waals surface area contributed by atoms with Gasteiger partial charge in [-0.05, 0) is 25.0 Å². The topological polar surface area (TPSA) is 53.9 Å². The van der Waals surface area contributed by atoms with Gasteiger partial charge in [0.1, 0.15) is 6.54 Å². The van der Waals surface area contributed by atoms with Crippen LogP contribution in [-0.2, 0) is 11.3 Å². The Morgan fingerprint density at radius 3 is 2.26 bits per heavy atom. The summed E-state index contributed by atoms with van der Waals surface area (Å²) < 4.78 is 0. The monoisotopic (exact) mass is 366 g/mol. The van der Waals surface area contributed by atoms with E-state index in [0.717, 1.165) is 42.0 Å². The molecule has 0 saturated carbocycles. The third-order valence-electron chi connectivity index (χ3n) is 5.22. The molecular formula is C22H28N3O2+. The number of likely N-dealkylation sites (tertiary alicyclic amines) is 1. The van der Waals surface area contributed by atoms with Crippen molar-refractivity contribution in [3.63, 3.8) is 0 Å². The molecule has 2 atom stereocenters. The van der Waals surface area contributed by atoms with Crippen molar-refractivity contribution in [2.24, 2.45) is 0 Å². The lowest BCUT2D eigenvalue weighted by molar-refractivity contribution is -0.916. The van der Waals surface area contributed by atoms with Gasteiger partial charge in [0.25, 0.3) is 11.8 Å². The number of carbonyl (C=O) groups excluding carboxylic acids is 2. The van der Waals surface area contributed by atoms with Gasteiger partial charge in [-0.25, -0.2) is 0 Å². The molecular weight excluding hydrogens is 338 g/mol. The minimum Gasteiger partial charge on any atom is -0.355 e. The molecule has 0 aliphatic carbocycles. The first-order valence-electron chi connectivity index (χ1n) is 9.57. The Balaban J connectivity index is 1.79. The molecule has 5 heteroatoms. The molecule has 2 amide bonds. The van der Waals surface area contributed by atoms with E-state index in [9.17, 15) is 9.59 Å². The Morgan fingerprint density at radius 1 is 1.04 bits per heavy atom. The summed E-state index contributed by atoms with van der Waals surface area (Å²) in [7, 11) is 3.70. The van der Waals surface area contributed by atoms with Crippen molar-refractivity contribution in [3.05, 3.63) is 71.3 Å². The highest BCUT2D eigenvalue weighted by molar-refractivity contribution is 5.93. The quantitative estimate of drug-likeness (QED) is 0.813. The van der Waals surface area contributed by atoms with Gasteiger partial charge in [-0.3, -0.25) is 9.59 Å². The summed E-state index contributed by atoms with van der Waals surface area (Å²) in [6.45, 7) is 2.43. The lowest BCUT2D eigenvalue weighted by atomic mass is 10.0. The molecule has 0 bridgehead atoms. The molecule has 1 aliphatic rings. The van der Waals surface area contributed by atoms with Crippen molar-refractivity contribution in [3.8, 4) is 0 Å². The first-order chi connectivity index (χ1) is 13.1. The van der Waals surface area contributed by atoms with E-state index < -0.39 is 0 Å². The van der Waals surface area contributed by atoms with Crippen LogP contribution in [0.1, 0.15) is 40.4 Å². The van der Waals surface area contributed by atoms with Gasteiger partial charge in [0.15, 0.2) is 6.04 Å². The zero-order chi connectivity index (χ0) is 19.2. The summed E-state index contributed by atoms with van der Waals surface area (Å²) in [6.07, 6.45) is 2.18. The third-order valence-corrected chi connectivity index (χ3v) is 5.22. The van der Waals surface area contributed by atoms with Crippen LogP contribution in [0, 0.1) is 0 Å². The predicted molar refractivity (Wildman–Crippen MR) is 105 cm³/mol. The minimum atomic E-state index is -0.220. The summed E-state index contributed by atoms with van der Waals surface area (Å²) in [5.74, 6) is 0.117. The smallest absolute Gasteiger partial charge is 0.285 e. The molecule has 2 N–H and O–H groups in total. The first kappa shape index (κ1) is 19.1. The molecule has 5 nitrogen and oxygen atoms in total. The van der Waals surface area contributed by atoms with Crippen molar-refractivity contribution in [2.45, 2.75) is 25.4 Å². The van der Waals surface area contributed by atoms with Crippen LogP contribution in [0.5, 0.6) is 0 Å². The van der Waals surface area contributed by atoms with Crippen molar-refractivity contribution in [1.82, 2.24) is 10.2 Å². The molecule has 3 rings (SSSR count). The van der Waals surface area contributed by atoms with Crippen molar-refractivity contribution >= 4 is 11.8 Å². The van der Waals surface area contributed by atoms with Crippen LogP contribution in [0.2, 0.25) is 0 Å². The lowest BCUT2D eigenvalue weighted by Gasteiger charge is -2.28. The Kier molecular flexibility index (Phi) is 6.24. The number of hydrogen-bond acceptors (Lipinski definition) is 2. The number of amides is 2. The second-order valence-corrected chi connectivity index (χ2v) is 7.18. The second kappa shape index (κ2) is 8.82. The standard InChI is InChI=1S/C22H27N3O2/c1-23-21(26)19-12-10-17(11-13-19)16-24(2)20(18-8-4-3-5-9-18)22(27)25-14-6-7-15-25/h3-5,8-13,20H,6-7,14-16H2,1-2H3,(H,23,26)/p+1/t20-/m1/s1. The Bertz CT molecular complexity index is 768. The molecule has 1 heterocycles. The molecule has 0 aromatic heterocycles. The maximum absolute atomic E-state index is 13.2. The van der Waals surface area contributed by atoms with Crippen molar-refractivity contribution < 1.29 is 14.5 Å². The Hall–Kier alpha value is -2.66. The molecule has 1 saturated heterocycles. The van der Waals surface area contributed by atoms with E-state index in [1.807, 2.05) is 59.5 Å². The summed E-state index contributed by atoms with van der Waals surface area (Å²) in [5.41, 5.74) is 2.80. The van der Waals surface area contributed by atoms with Gasteiger partial charge in [0, 0.05) is 36.8 Å². The molecule has 1 unspecified atom stereocenters. The van der Waals surface area contributed by atoms with Crippen molar-refractivity contribution in [1.29, 1.82) is 0 Å². The van der Waals surface area contributed by atoms with Gasteiger partial charge in [-0.2, -0.15) is 0 Å². The highest BCUT2D eigenvalue weighted by atomic mass is 16.2. The van der Waals surface area contributed by atoms with Gasteiger partial charge >= 0.3 is 0 Å². The fraction of sp³-hybridized carbons (Fsp3) is 0.364. The van der Waals surface area contributed by atoms with Crippen LogP contribution in [-0.4, -0.2) is 43.9 Å². The van der Waals surface area contributed by atoms with Crippen LogP contribution in [0.3, 0.4) is 0 Å². The SMILES string of the molecule is CNC(=O)c1ccc(C[NH+](C)[C@@H](C(=O)N2CCCC2)c2ccccc2)cc1. The van der Waals surface area contributed by atoms with Crippen molar-refractivity contribution in [2.75, 3.05) is 27.2 Å². The molecule has 27 heavy (non-hydrogen) atoms. The summed E-state index contributed by atoms with van der Waals surface area (Å²) >= 11 is 0. The van der Waals surface area contributed by atoms with Crippen LogP contribution in [0.15, 0.2) is 54.6 Å². The summed E-state index contributed by atoms with van der Waals surface area (Å²) in [4.78, 5) is 28.0. The zero-order valence-electron chi connectivity index (χ0n) is 16.1. The highest BCUT2D eigenvalue weighted by Gasteiger charge is 2.34. The fourth-order valence-corrected chi connectivity index (χ4v) is 3.75.